The molecule has 0 aliphatic rings. The summed E-state index contributed by atoms with van der Waals surface area (Å²) in [4.78, 5) is 27.8. The van der Waals surface area contributed by atoms with Crippen molar-refractivity contribution in [2.75, 3.05) is 17.1 Å². The van der Waals surface area contributed by atoms with E-state index in [9.17, 15) is 18.0 Å². The van der Waals surface area contributed by atoms with Crippen molar-refractivity contribution in [1.29, 1.82) is 0 Å². The molecule has 0 bridgehead atoms. The van der Waals surface area contributed by atoms with E-state index in [2.05, 4.69) is 5.32 Å². The molecule has 2 aromatic rings. The zero-order valence-electron chi connectivity index (χ0n) is 20.3. The fourth-order valence-electron chi connectivity index (χ4n) is 3.64. The Morgan fingerprint density at radius 3 is 2.27 bits per heavy atom. The van der Waals surface area contributed by atoms with E-state index >= 15 is 0 Å². The number of amides is 2. The van der Waals surface area contributed by atoms with Crippen LogP contribution in [-0.2, 0) is 32.6 Å². The molecule has 1 unspecified atom stereocenters. The lowest BCUT2D eigenvalue weighted by Gasteiger charge is -2.32. The standard InChI is InChI=1S/C25H35N3O4S/c1-7-22-13-8-9-14-23(22)28(33(6,31)32)17-24(29)27(20(5)25(30)26-18(2)3)16-21-12-10-11-19(4)15-21/h8-15,18,20H,7,16-17H2,1-6H3,(H,26,30). The number of aryl methyl sites for hydroxylation is 2. The van der Waals surface area contributed by atoms with Crippen LogP contribution in [0.1, 0.15) is 44.4 Å². The molecule has 0 saturated heterocycles. The highest BCUT2D eigenvalue weighted by molar-refractivity contribution is 7.92. The number of carbonyl (C=O) groups is 2. The summed E-state index contributed by atoms with van der Waals surface area (Å²) in [5.74, 6) is -0.731. The Kier molecular flexibility index (Phi) is 9.05. The molecule has 7 nitrogen and oxygen atoms in total. The lowest BCUT2D eigenvalue weighted by atomic mass is 10.1. The quantitative estimate of drug-likeness (QED) is 0.574. The first kappa shape index (κ1) is 26.4. The van der Waals surface area contributed by atoms with E-state index in [1.165, 1.54) is 4.90 Å². The second-order valence-corrected chi connectivity index (χ2v) is 10.5. The number of hydrogen-bond donors (Lipinski definition) is 1. The van der Waals surface area contributed by atoms with E-state index in [1.807, 2.05) is 64.1 Å². The maximum Gasteiger partial charge on any atom is 0.244 e. The van der Waals surface area contributed by atoms with E-state index in [1.54, 1.807) is 19.1 Å². The van der Waals surface area contributed by atoms with Crippen molar-refractivity contribution in [3.05, 3.63) is 65.2 Å². The SMILES string of the molecule is CCc1ccccc1N(CC(=O)N(Cc1cccc(C)c1)C(C)C(=O)NC(C)C)S(C)(=O)=O. The van der Waals surface area contributed by atoms with Gasteiger partial charge in [-0.3, -0.25) is 13.9 Å². The van der Waals surface area contributed by atoms with Crippen LogP contribution in [0.3, 0.4) is 0 Å². The molecule has 0 heterocycles. The number of para-hydroxylation sites is 1. The molecule has 0 spiro atoms. The van der Waals surface area contributed by atoms with Crippen LogP contribution in [0.25, 0.3) is 0 Å². The van der Waals surface area contributed by atoms with E-state index in [0.717, 1.165) is 27.3 Å². The number of nitrogens with one attached hydrogen (secondary N) is 1. The van der Waals surface area contributed by atoms with Gasteiger partial charge in [0.25, 0.3) is 0 Å². The molecular formula is C25H35N3O4S. The van der Waals surface area contributed by atoms with Crippen molar-refractivity contribution < 1.29 is 18.0 Å². The molecule has 0 aromatic heterocycles. The summed E-state index contributed by atoms with van der Waals surface area (Å²) in [5.41, 5.74) is 3.21. The summed E-state index contributed by atoms with van der Waals surface area (Å²) >= 11 is 0. The van der Waals surface area contributed by atoms with E-state index in [0.29, 0.717) is 12.1 Å². The van der Waals surface area contributed by atoms with Gasteiger partial charge in [0.2, 0.25) is 21.8 Å². The Hall–Kier alpha value is -2.87. The van der Waals surface area contributed by atoms with Gasteiger partial charge in [0.1, 0.15) is 12.6 Å². The molecule has 0 aliphatic heterocycles. The Morgan fingerprint density at radius 2 is 1.70 bits per heavy atom. The molecule has 2 aromatic carbocycles. The van der Waals surface area contributed by atoms with Crippen molar-refractivity contribution in [2.24, 2.45) is 0 Å². The average Bonchev–Trinajstić information content (AvgIpc) is 2.74. The molecule has 0 aliphatic carbocycles. The van der Waals surface area contributed by atoms with Crippen molar-refractivity contribution in [2.45, 2.75) is 59.7 Å². The first-order valence-electron chi connectivity index (χ1n) is 11.1. The van der Waals surface area contributed by atoms with Crippen molar-refractivity contribution in [3.8, 4) is 0 Å². The first-order chi connectivity index (χ1) is 15.4. The summed E-state index contributed by atoms with van der Waals surface area (Å²) in [7, 11) is -3.74. The van der Waals surface area contributed by atoms with Crippen LogP contribution in [-0.4, -0.2) is 50.0 Å². The van der Waals surface area contributed by atoms with Gasteiger partial charge < -0.3 is 10.2 Å². The number of nitrogens with zero attached hydrogens (tertiary/aromatic N) is 2. The molecule has 2 amide bonds. The van der Waals surface area contributed by atoms with Gasteiger partial charge in [-0.25, -0.2) is 8.42 Å². The second-order valence-electron chi connectivity index (χ2n) is 8.60. The van der Waals surface area contributed by atoms with Gasteiger partial charge in [0, 0.05) is 12.6 Å². The summed E-state index contributed by atoms with van der Waals surface area (Å²) < 4.78 is 26.5. The number of anilines is 1. The number of benzene rings is 2. The molecule has 0 fully saturated rings. The second kappa shape index (κ2) is 11.3. The highest BCUT2D eigenvalue weighted by Gasteiger charge is 2.30. The summed E-state index contributed by atoms with van der Waals surface area (Å²) in [6.07, 6.45) is 1.71. The Labute approximate surface area is 197 Å². The Balaban J connectivity index is 2.43. The van der Waals surface area contributed by atoms with E-state index in [-0.39, 0.29) is 25.0 Å². The molecule has 1 N–H and O–H groups in total. The minimum absolute atomic E-state index is 0.0835. The van der Waals surface area contributed by atoms with E-state index < -0.39 is 22.0 Å². The third kappa shape index (κ3) is 7.32. The van der Waals surface area contributed by atoms with Crippen molar-refractivity contribution in [3.63, 3.8) is 0 Å². The normalized spacial score (nSPS) is 12.3. The Morgan fingerprint density at radius 1 is 1.03 bits per heavy atom. The van der Waals surface area contributed by atoms with Crippen LogP contribution in [0.2, 0.25) is 0 Å². The highest BCUT2D eigenvalue weighted by atomic mass is 32.2. The van der Waals surface area contributed by atoms with Gasteiger partial charge in [-0.15, -0.1) is 0 Å². The van der Waals surface area contributed by atoms with Crippen LogP contribution in [0.5, 0.6) is 0 Å². The molecule has 2 rings (SSSR count). The van der Waals surface area contributed by atoms with Gasteiger partial charge >= 0.3 is 0 Å². The number of rotatable bonds is 10. The molecule has 0 radical (unpaired) electrons. The van der Waals surface area contributed by atoms with Crippen LogP contribution in [0, 0.1) is 6.92 Å². The maximum absolute atomic E-state index is 13.5. The molecule has 33 heavy (non-hydrogen) atoms. The minimum atomic E-state index is -3.74. The van der Waals surface area contributed by atoms with Crippen molar-refractivity contribution >= 4 is 27.5 Å². The van der Waals surface area contributed by atoms with Gasteiger partial charge in [0.05, 0.1) is 11.9 Å². The highest BCUT2D eigenvalue weighted by Crippen LogP contribution is 2.24. The number of sulfonamides is 1. The first-order valence-corrected chi connectivity index (χ1v) is 13.0. The molecular weight excluding hydrogens is 438 g/mol. The van der Waals surface area contributed by atoms with Gasteiger partial charge in [-0.2, -0.15) is 0 Å². The fourth-order valence-corrected chi connectivity index (χ4v) is 4.52. The third-order valence-electron chi connectivity index (χ3n) is 5.35. The molecule has 1 atom stereocenters. The summed E-state index contributed by atoms with van der Waals surface area (Å²) in [6.45, 7) is 9.06. The van der Waals surface area contributed by atoms with Gasteiger partial charge in [0.15, 0.2) is 0 Å². The van der Waals surface area contributed by atoms with Crippen LogP contribution in [0.15, 0.2) is 48.5 Å². The lowest BCUT2D eigenvalue weighted by molar-refractivity contribution is -0.139. The predicted octanol–water partition coefficient (Wildman–Crippen LogP) is 3.27. The fraction of sp³-hybridized carbons (Fsp3) is 0.440. The van der Waals surface area contributed by atoms with E-state index in [4.69, 9.17) is 0 Å². The monoisotopic (exact) mass is 473 g/mol. The smallest absolute Gasteiger partial charge is 0.244 e. The summed E-state index contributed by atoms with van der Waals surface area (Å²) in [5, 5.41) is 2.84. The Bertz CT molecular complexity index is 1080. The zero-order valence-corrected chi connectivity index (χ0v) is 21.1. The third-order valence-corrected chi connectivity index (χ3v) is 6.48. The van der Waals surface area contributed by atoms with Crippen LogP contribution in [0.4, 0.5) is 5.69 Å². The predicted molar refractivity (Wildman–Crippen MR) is 132 cm³/mol. The topological polar surface area (TPSA) is 86.8 Å². The molecule has 8 heteroatoms. The largest absolute Gasteiger partial charge is 0.352 e. The number of carbonyl (C=O) groups excluding carboxylic acids is 2. The average molecular weight is 474 g/mol. The van der Waals surface area contributed by atoms with Crippen LogP contribution >= 0.6 is 0 Å². The molecule has 0 saturated carbocycles. The minimum Gasteiger partial charge on any atom is -0.352 e. The maximum atomic E-state index is 13.5. The van der Waals surface area contributed by atoms with Crippen LogP contribution < -0.4 is 9.62 Å². The lowest BCUT2D eigenvalue weighted by Crippen LogP contribution is -2.52. The zero-order chi connectivity index (χ0) is 24.8. The van der Waals surface area contributed by atoms with Gasteiger partial charge in [-0.05, 0) is 51.3 Å². The molecule has 180 valence electrons. The summed E-state index contributed by atoms with van der Waals surface area (Å²) in [6, 6.07) is 14.0. The van der Waals surface area contributed by atoms with Gasteiger partial charge in [-0.1, -0.05) is 55.0 Å². The van der Waals surface area contributed by atoms with Crippen molar-refractivity contribution in [1.82, 2.24) is 10.2 Å². The number of hydrogen-bond acceptors (Lipinski definition) is 4.